The molecule has 5 nitrogen and oxygen atoms in total. The summed E-state index contributed by atoms with van der Waals surface area (Å²) in [5.74, 6) is -0.135. The van der Waals surface area contributed by atoms with Crippen LogP contribution in [0.1, 0.15) is 14.8 Å². The zero-order chi connectivity index (χ0) is 10.0. The van der Waals surface area contributed by atoms with Gasteiger partial charge in [0.25, 0.3) is 10.1 Å². The molecule has 0 rings (SSSR count). The zero-order valence-corrected chi connectivity index (χ0v) is 10.7. The summed E-state index contributed by atoms with van der Waals surface area (Å²) in [4.78, 5) is 0. The topological polar surface area (TPSA) is 83.8 Å². The molecule has 0 aromatic heterocycles. The predicted octanol–water partition coefficient (Wildman–Crippen LogP) is -2.50. The summed E-state index contributed by atoms with van der Waals surface area (Å²) in [5, 5.41) is 15.4. The molecule has 0 aliphatic heterocycles. The Balaban J connectivity index is -0.0000000733. The molecule has 7 heteroatoms. The van der Waals surface area contributed by atoms with E-state index in [0.717, 1.165) is 0 Å². The van der Waals surface area contributed by atoms with E-state index in [1.807, 2.05) is 0 Å². The van der Waals surface area contributed by atoms with Gasteiger partial charge in [-0.05, 0) is 6.42 Å². The van der Waals surface area contributed by atoms with Crippen LogP contribution in [-0.4, -0.2) is 31.1 Å². The molecular formula is C6H15NaO5S. The molecule has 0 spiro atoms. The molecule has 76 valence electrons. The third-order valence-corrected chi connectivity index (χ3v) is 1.83. The molecule has 2 N–H and O–H groups in total. The number of aliphatic hydroxyl groups is 1. The van der Waals surface area contributed by atoms with E-state index in [4.69, 9.17) is 10.4 Å². The van der Waals surface area contributed by atoms with E-state index in [2.05, 4.69) is 10.9 Å². The molecular weight excluding hydrogens is 207 g/mol. The molecule has 0 aliphatic carbocycles. The molecule has 0 aromatic carbocycles. The Morgan fingerprint density at radius 2 is 2.00 bits per heavy atom. The fraction of sp³-hybridized carbons (Fsp3) is 0.667. The average molecular weight is 222 g/mol. The third-order valence-electron chi connectivity index (χ3n) is 0.697. The summed E-state index contributed by atoms with van der Waals surface area (Å²) >= 11 is 0. The van der Waals surface area contributed by atoms with Gasteiger partial charge in [-0.15, -0.1) is 10.9 Å². The van der Waals surface area contributed by atoms with Gasteiger partial charge in [0.2, 0.25) is 0 Å². The van der Waals surface area contributed by atoms with Crippen molar-refractivity contribution in [2.75, 3.05) is 12.4 Å². The number of rotatable bonds is 4. The standard InChI is InChI=1S/C3H8O4S.C3H6O.Na.H/c1-2-3-8(5,6)7-4;1-2-3-4;;/h4H,2-3H2,1H3;2,4H,1,3H2;;/q;;+1;-1. The molecule has 13 heavy (non-hydrogen) atoms. The van der Waals surface area contributed by atoms with Crippen LogP contribution in [-0.2, 0) is 14.5 Å². The quantitative estimate of drug-likeness (QED) is 0.238. The third kappa shape index (κ3) is 19.1. The van der Waals surface area contributed by atoms with Crippen LogP contribution < -0.4 is 29.6 Å². The maximum atomic E-state index is 10.1. The van der Waals surface area contributed by atoms with Crippen molar-refractivity contribution in [3.8, 4) is 0 Å². The first-order valence-corrected chi connectivity index (χ1v) is 4.89. The Bertz CT molecular complexity index is 194. The second kappa shape index (κ2) is 12.6. The molecule has 0 radical (unpaired) electrons. The Kier molecular flexibility index (Phi) is 18.6. The molecule has 0 saturated heterocycles. The van der Waals surface area contributed by atoms with Crippen LogP contribution in [0.15, 0.2) is 12.7 Å². The van der Waals surface area contributed by atoms with E-state index in [0.29, 0.717) is 6.42 Å². The first-order valence-electron chi connectivity index (χ1n) is 3.31. The Labute approximate surface area is 102 Å². The van der Waals surface area contributed by atoms with Crippen LogP contribution in [0.2, 0.25) is 0 Å². The Morgan fingerprint density at radius 1 is 1.62 bits per heavy atom. The summed E-state index contributed by atoms with van der Waals surface area (Å²) < 4.78 is 23.4. The van der Waals surface area contributed by atoms with Crippen LogP contribution in [0.25, 0.3) is 0 Å². The minimum absolute atomic E-state index is 0. The summed E-state index contributed by atoms with van der Waals surface area (Å²) in [6, 6.07) is 0. The van der Waals surface area contributed by atoms with Gasteiger partial charge in [-0.1, -0.05) is 13.0 Å². The van der Waals surface area contributed by atoms with Crippen molar-refractivity contribution in [3.05, 3.63) is 12.7 Å². The zero-order valence-electron chi connectivity index (χ0n) is 8.93. The monoisotopic (exact) mass is 222 g/mol. The minimum Gasteiger partial charge on any atom is -1.00 e. The summed E-state index contributed by atoms with van der Waals surface area (Å²) in [6.45, 7) is 4.99. The SMILES string of the molecule is C=CCO.CCCS(=O)(=O)OO.[H-].[Na+]. The van der Waals surface area contributed by atoms with Gasteiger partial charge in [0.15, 0.2) is 0 Å². The molecule has 0 bridgehead atoms. The smallest absolute Gasteiger partial charge is 1.00 e. The average Bonchev–Trinajstić information content (AvgIpc) is 2.05. The Hall–Kier alpha value is 0.570. The van der Waals surface area contributed by atoms with E-state index in [9.17, 15) is 8.42 Å². The van der Waals surface area contributed by atoms with Gasteiger partial charge < -0.3 is 6.53 Å². The van der Waals surface area contributed by atoms with E-state index >= 15 is 0 Å². The largest absolute Gasteiger partial charge is 1.00 e. The summed E-state index contributed by atoms with van der Waals surface area (Å²) in [7, 11) is -3.61. The van der Waals surface area contributed by atoms with E-state index in [1.165, 1.54) is 6.08 Å². The van der Waals surface area contributed by atoms with Crippen molar-refractivity contribution >= 4 is 10.1 Å². The van der Waals surface area contributed by atoms with Crippen molar-refractivity contribution in [3.63, 3.8) is 0 Å². The van der Waals surface area contributed by atoms with Gasteiger partial charge in [0.1, 0.15) is 0 Å². The molecule has 0 amide bonds. The van der Waals surface area contributed by atoms with Crippen LogP contribution in [0.5, 0.6) is 0 Å². The maximum Gasteiger partial charge on any atom is 1.00 e. The number of hydrogen-bond acceptors (Lipinski definition) is 5. The van der Waals surface area contributed by atoms with Crippen molar-refractivity contribution < 1.29 is 54.1 Å². The van der Waals surface area contributed by atoms with Gasteiger partial charge in [-0.2, -0.15) is 8.42 Å². The second-order valence-corrected chi connectivity index (χ2v) is 3.48. The van der Waals surface area contributed by atoms with Crippen LogP contribution in [0.4, 0.5) is 0 Å². The fourth-order valence-electron chi connectivity index (χ4n) is 0.287. The number of aliphatic hydroxyl groups excluding tert-OH is 1. The molecule has 0 saturated carbocycles. The van der Waals surface area contributed by atoms with E-state index in [1.54, 1.807) is 6.92 Å². The van der Waals surface area contributed by atoms with Crippen molar-refractivity contribution in [2.24, 2.45) is 0 Å². The van der Waals surface area contributed by atoms with Crippen LogP contribution in [0, 0.1) is 0 Å². The van der Waals surface area contributed by atoms with Gasteiger partial charge in [-0.3, -0.25) is 0 Å². The van der Waals surface area contributed by atoms with Crippen LogP contribution >= 0.6 is 0 Å². The molecule has 0 heterocycles. The summed E-state index contributed by atoms with van der Waals surface area (Å²) in [6.07, 6.45) is 1.88. The van der Waals surface area contributed by atoms with E-state index in [-0.39, 0.29) is 43.3 Å². The summed E-state index contributed by atoms with van der Waals surface area (Å²) in [5.41, 5.74) is 0. The molecule has 0 atom stereocenters. The first kappa shape index (κ1) is 19.2. The van der Waals surface area contributed by atoms with Gasteiger partial charge >= 0.3 is 29.6 Å². The van der Waals surface area contributed by atoms with Gasteiger partial charge in [0.05, 0.1) is 12.4 Å². The number of hydrogen-bond donors (Lipinski definition) is 2. The minimum atomic E-state index is -3.61. The molecule has 0 fully saturated rings. The Morgan fingerprint density at radius 3 is 2.08 bits per heavy atom. The molecule has 0 unspecified atom stereocenters. The van der Waals surface area contributed by atoms with Gasteiger partial charge in [-0.25, -0.2) is 5.26 Å². The van der Waals surface area contributed by atoms with E-state index < -0.39 is 10.1 Å². The molecule has 0 aromatic rings. The molecule has 0 aliphatic rings. The van der Waals surface area contributed by atoms with Crippen molar-refractivity contribution in [1.82, 2.24) is 0 Å². The maximum absolute atomic E-state index is 10.1. The van der Waals surface area contributed by atoms with Gasteiger partial charge in [0, 0.05) is 0 Å². The van der Waals surface area contributed by atoms with Crippen LogP contribution in [0.3, 0.4) is 0 Å². The second-order valence-electron chi connectivity index (χ2n) is 1.81. The fourth-order valence-corrected chi connectivity index (χ4v) is 0.862. The van der Waals surface area contributed by atoms with Crippen molar-refractivity contribution in [2.45, 2.75) is 13.3 Å². The normalized spacial score (nSPS) is 9.15. The first-order chi connectivity index (χ1) is 5.54. The van der Waals surface area contributed by atoms with Crippen molar-refractivity contribution in [1.29, 1.82) is 0 Å². The predicted molar refractivity (Wildman–Crippen MR) is 46.2 cm³/mol.